The van der Waals surface area contributed by atoms with Crippen LogP contribution in [0, 0.1) is 0 Å². The third-order valence-corrected chi connectivity index (χ3v) is 2.40. The van der Waals surface area contributed by atoms with E-state index < -0.39 is 0 Å². The van der Waals surface area contributed by atoms with Crippen molar-refractivity contribution in [1.82, 2.24) is 0 Å². The minimum Gasteiger partial charge on any atom is -0.324 e. The van der Waals surface area contributed by atoms with Crippen LogP contribution < -0.4 is 5.73 Å². The van der Waals surface area contributed by atoms with Crippen molar-refractivity contribution in [3.05, 3.63) is 48.6 Å². The number of hydrogen-bond acceptors (Lipinski definition) is 1. The standard InChI is InChI=1S/C13H19N.2C2H6/c1-2-3-4-8-11-13(14)12-9-6-5-7-10-12;2*1-2/h2,5-7,9-10,13H,1,3-4,8,11,14H2;2*1-2H3. The zero-order chi connectivity index (χ0) is 14.2. The van der Waals surface area contributed by atoms with Gasteiger partial charge in [-0.1, -0.05) is 70.5 Å². The van der Waals surface area contributed by atoms with E-state index in [1.165, 1.54) is 18.4 Å². The summed E-state index contributed by atoms with van der Waals surface area (Å²) in [5, 5.41) is 0. The van der Waals surface area contributed by atoms with Gasteiger partial charge in [-0.15, -0.1) is 6.58 Å². The van der Waals surface area contributed by atoms with Crippen molar-refractivity contribution < 1.29 is 0 Å². The minimum atomic E-state index is 0.195. The van der Waals surface area contributed by atoms with Gasteiger partial charge in [0.2, 0.25) is 0 Å². The molecule has 0 radical (unpaired) electrons. The van der Waals surface area contributed by atoms with Gasteiger partial charge in [-0.3, -0.25) is 0 Å². The van der Waals surface area contributed by atoms with Crippen LogP contribution in [0.2, 0.25) is 0 Å². The van der Waals surface area contributed by atoms with Gasteiger partial charge in [0.15, 0.2) is 0 Å². The van der Waals surface area contributed by atoms with Crippen molar-refractivity contribution in [1.29, 1.82) is 0 Å². The monoisotopic (exact) mass is 249 g/mol. The average Bonchev–Trinajstić information content (AvgIpc) is 2.48. The second-order valence-corrected chi connectivity index (χ2v) is 3.59. The van der Waals surface area contributed by atoms with E-state index in [0.29, 0.717) is 0 Å². The number of nitrogens with two attached hydrogens (primary N) is 1. The maximum Gasteiger partial charge on any atom is 0.0294 e. The first-order valence-electron chi connectivity index (χ1n) is 7.26. The Hall–Kier alpha value is -1.08. The van der Waals surface area contributed by atoms with E-state index in [-0.39, 0.29) is 6.04 Å². The molecule has 1 unspecified atom stereocenters. The lowest BCUT2D eigenvalue weighted by molar-refractivity contribution is 0.590. The summed E-state index contributed by atoms with van der Waals surface area (Å²) in [7, 11) is 0. The lowest BCUT2D eigenvalue weighted by Gasteiger charge is -2.10. The van der Waals surface area contributed by atoms with Gasteiger partial charge in [-0.25, -0.2) is 0 Å². The molecular formula is C17H31N. The lowest BCUT2D eigenvalue weighted by atomic mass is 10.0. The van der Waals surface area contributed by atoms with E-state index >= 15 is 0 Å². The zero-order valence-corrected chi connectivity index (χ0v) is 12.7. The predicted molar refractivity (Wildman–Crippen MR) is 84.7 cm³/mol. The molecule has 1 aromatic carbocycles. The van der Waals surface area contributed by atoms with Crippen LogP contribution in [0.25, 0.3) is 0 Å². The number of allylic oxidation sites excluding steroid dienone is 1. The highest BCUT2D eigenvalue weighted by molar-refractivity contribution is 5.18. The van der Waals surface area contributed by atoms with Gasteiger partial charge in [0.25, 0.3) is 0 Å². The van der Waals surface area contributed by atoms with Gasteiger partial charge in [-0.05, 0) is 24.8 Å². The molecular weight excluding hydrogens is 218 g/mol. The molecule has 0 aliphatic carbocycles. The molecule has 0 saturated carbocycles. The van der Waals surface area contributed by atoms with Crippen LogP contribution in [-0.2, 0) is 0 Å². The Bertz CT molecular complexity index is 254. The first-order chi connectivity index (χ1) is 8.84. The Labute approximate surface area is 114 Å². The molecule has 18 heavy (non-hydrogen) atoms. The molecule has 1 rings (SSSR count). The van der Waals surface area contributed by atoms with Crippen LogP contribution in [-0.4, -0.2) is 0 Å². The fraction of sp³-hybridized carbons (Fsp3) is 0.529. The second kappa shape index (κ2) is 15.9. The molecule has 1 heteroatoms. The van der Waals surface area contributed by atoms with E-state index in [9.17, 15) is 0 Å². The summed E-state index contributed by atoms with van der Waals surface area (Å²) in [5.41, 5.74) is 7.29. The molecule has 0 aromatic heterocycles. The lowest BCUT2D eigenvalue weighted by Crippen LogP contribution is -2.09. The Morgan fingerprint density at radius 1 is 1.06 bits per heavy atom. The summed E-state index contributed by atoms with van der Waals surface area (Å²) >= 11 is 0. The summed E-state index contributed by atoms with van der Waals surface area (Å²) in [6.07, 6.45) is 6.51. The normalized spacial score (nSPS) is 10.3. The van der Waals surface area contributed by atoms with Gasteiger partial charge < -0.3 is 5.73 Å². The topological polar surface area (TPSA) is 26.0 Å². The van der Waals surface area contributed by atoms with Crippen molar-refractivity contribution in [3.8, 4) is 0 Å². The van der Waals surface area contributed by atoms with Crippen molar-refractivity contribution in [3.63, 3.8) is 0 Å². The Morgan fingerprint density at radius 2 is 1.61 bits per heavy atom. The number of benzene rings is 1. The van der Waals surface area contributed by atoms with Gasteiger partial charge in [0.05, 0.1) is 0 Å². The van der Waals surface area contributed by atoms with Crippen LogP contribution in [0.15, 0.2) is 43.0 Å². The quantitative estimate of drug-likeness (QED) is 0.524. The van der Waals surface area contributed by atoms with E-state index in [1.54, 1.807) is 0 Å². The number of hydrogen-bond donors (Lipinski definition) is 1. The summed E-state index contributed by atoms with van der Waals surface area (Å²) in [4.78, 5) is 0. The molecule has 0 saturated heterocycles. The van der Waals surface area contributed by atoms with Gasteiger partial charge in [0, 0.05) is 6.04 Å². The maximum absolute atomic E-state index is 6.05. The molecule has 2 N–H and O–H groups in total. The molecule has 1 atom stereocenters. The molecule has 0 heterocycles. The molecule has 0 bridgehead atoms. The van der Waals surface area contributed by atoms with Crippen molar-refractivity contribution in [2.24, 2.45) is 5.73 Å². The van der Waals surface area contributed by atoms with E-state index in [2.05, 4.69) is 18.7 Å². The van der Waals surface area contributed by atoms with Crippen LogP contribution in [0.5, 0.6) is 0 Å². The van der Waals surface area contributed by atoms with Crippen LogP contribution in [0.1, 0.15) is 65.0 Å². The van der Waals surface area contributed by atoms with E-state index in [0.717, 1.165) is 12.8 Å². The van der Waals surface area contributed by atoms with E-state index in [4.69, 9.17) is 5.73 Å². The molecule has 0 fully saturated rings. The fourth-order valence-electron chi connectivity index (χ4n) is 1.52. The summed E-state index contributed by atoms with van der Waals surface area (Å²) < 4.78 is 0. The summed E-state index contributed by atoms with van der Waals surface area (Å²) in [5.74, 6) is 0. The minimum absolute atomic E-state index is 0.195. The highest BCUT2D eigenvalue weighted by Gasteiger charge is 2.03. The largest absolute Gasteiger partial charge is 0.324 e. The van der Waals surface area contributed by atoms with Crippen LogP contribution in [0.3, 0.4) is 0 Å². The average molecular weight is 249 g/mol. The van der Waals surface area contributed by atoms with Crippen LogP contribution in [0.4, 0.5) is 0 Å². The molecule has 0 aliphatic rings. The Kier molecular flexibility index (Phi) is 17.0. The van der Waals surface area contributed by atoms with Crippen molar-refractivity contribution in [2.75, 3.05) is 0 Å². The predicted octanol–water partition coefficient (Wildman–Crippen LogP) is 5.49. The fourth-order valence-corrected chi connectivity index (χ4v) is 1.52. The summed E-state index contributed by atoms with van der Waals surface area (Å²) in [6, 6.07) is 10.5. The highest BCUT2D eigenvalue weighted by atomic mass is 14.6. The third kappa shape index (κ3) is 10.1. The van der Waals surface area contributed by atoms with Gasteiger partial charge in [0.1, 0.15) is 0 Å². The maximum atomic E-state index is 6.05. The molecule has 0 aliphatic heterocycles. The van der Waals surface area contributed by atoms with Gasteiger partial charge >= 0.3 is 0 Å². The van der Waals surface area contributed by atoms with Gasteiger partial charge in [-0.2, -0.15) is 0 Å². The molecule has 1 nitrogen and oxygen atoms in total. The van der Waals surface area contributed by atoms with Crippen molar-refractivity contribution >= 4 is 0 Å². The first-order valence-corrected chi connectivity index (χ1v) is 7.26. The molecule has 1 aromatic rings. The zero-order valence-electron chi connectivity index (χ0n) is 12.7. The van der Waals surface area contributed by atoms with E-state index in [1.807, 2.05) is 52.0 Å². The SMILES string of the molecule is C=CCCCCC(N)c1ccccc1.CC.CC. The number of unbranched alkanes of at least 4 members (excludes halogenated alkanes) is 2. The molecule has 104 valence electrons. The Morgan fingerprint density at radius 3 is 2.11 bits per heavy atom. The van der Waals surface area contributed by atoms with Crippen molar-refractivity contribution in [2.45, 2.75) is 59.4 Å². The smallest absolute Gasteiger partial charge is 0.0294 e. The molecule has 0 amide bonds. The number of rotatable bonds is 6. The third-order valence-electron chi connectivity index (χ3n) is 2.40. The van der Waals surface area contributed by atoms with Crippen LogP contribution >= 0.6 is 0 Å². The first kappa shape index (κ1) is 19.3. The molecule has 0 spiro atoms. The Balaban J connectivity index is 0. The second-order valence-electron chi connectivity index (χ2n) is 3.59. The summed E-state index contributed by atoms with van der Waals surface area (Å²) in [6.45, 7) is 11.7. The highest BCUT2D eigenvalue weighted by Crippen LogP contribution is 2.16.